The molecule has 0 bridgehead atoms. The molecule has 1 saturated carbocycles. The van der Waals surface area contributed by atoms with E-state index >= 15 is 0 Å². The molecule has 1 aromatic carbocycles. The van der Waals surface area contributed by atoms with Gasteiger partial charge in [-0.15, -0.1) is 0 Å². The highest BCUT2D eigenvalue weighted by Crippen LogP contribution is 2.38. The third-order valence-electron chi connectivity index (χ3n) is 6.67. The largest absolute Gasteiger partial charge is 0.381 e. The normalized spacial score (nSPS) is 21.7. The highest BCUT2D eigenvalue weighted by Gasteiger charge is 2.33. The van der Waals surface area contributed by atoms with Crippen LogP contribution in [-0.2, 0) is 9.53 Å². The van der Waals surface area contributed by atoms with Crippen LogP contribution in [0.2, 0.25) is 0 Å². The van der Waals surface area contributed by atoms with Crippen molar-refractivity contribution in [2.24, 2.45) is 11.7 Å². The van der Waals surface area contributed by atoms with Crippen molar-refractivity contribution in [3.05, 3.63) is 42.6 Å². The number of fused-ring (bicyclic) bond motifs is 1. The van der Waals surface area contributed by atoms with Crippen LogP contribution >= 0.6 is 0 Å². The van der Waals surface area contributed by atoms with Crippen molar-refractivity contribution < 1.29 is 13.9 Å². The Hall–Kier alpha value is -3.27. The Bertz CT molecular complexity index is 1110. The van der Waals surface area contributed by atoms with E-state index in [1.165, 1.54) is 18.5 Å². The van der Waals surface area contributed by atoms with Crippen molar-refractivity contribution in [1.82, 2.24) is 19.5 Å². The second-order valence-electron chi connectivity index (χ2n) is 8.75. The number of halogens is 1. The zero-order chi connectivity index (χ0) is 22.8. The van der Waals surface area contributed by atoms with Gasteiger partial charge >= 0.3 is 0 Å². The van der Waals surface area contributed by atoms with Crippen LogP contribution in [-0.4, -0.2) is 44.7 Å². The number of hydrogen-bond donors (Lipinski definition) is 2. The van der Waals surface area contributed by atoms with E-state index in [0.717, 1.165) is 55.8 Å². The molecule has 1 saturated heterocycles. The summed E-state index contributed by atoms with van der Waals surface area (Å²) in [6.07, 6.45) is 8.03. The molecule has 174 valence electrons. The number of benzene rings is 1. The van der Waals surface area contributed by atoms with Crippen LogP contribution in [0, 0.1) is 11.7 Å². The number of imidazole rings is 1. The Morgan fingerprint density at radius 2 is 1.85 bits per heavy atom. The van der Waals surface area contributed by atoms with Crippen LogP contribution < -0.4 is 16.2 Å². The van der Waals surface area contributed by atoms with Gasteiger partial charge in [0.1, 0.15) is 17.7 Å². The van der Waals surface area contributed by atoms with Gasteiger partial charge in [-0.2, -0.15) is 0 Å². The van der Waals surface area contributed by atoms with Crippen LogP contribution in [0.15, 0.2) is 36.8 Å². The smallest absolute Gasteiger partial charge is 0.227 e. The minimum absolute atomic E-state index is 0.0851. The molecule has 1 aliphatic heterocycles. The fraction of sp³-hybridized carbons (Fsp3) is 0.478. The number of aromatic nitrogens is 4. The quantitative estimate of drug-likeness (QED) is 0.551. The summed E-state index contributed by atoms with van der Waals surface area (Å²) >= 11 is 0. The monoisotopic (exact) mass is 453 g/mol. The average Bonchev–Trinajstić information content (AvgIpc) is 3.23. The first kappa shape index (κ1) is 21.6. The Labute approximate surface area is 191 Å². The maximum absolute atomic E-state index is 13.5. The number of amides is 1. The lowest BCUT2D eigenvalue weighted by atomic mass is 9.85. The summed E-state index contributed by atoms with van der Waals surface area (Å²) in [6, 6.07) is 6.56. The molecule has 1 amide bonds. The molecule has 2 aromatic heterocycles. The van der Waals surface area contributed by atoms with Crippen LogP contribution in [0.25, 0.3) is 11.2 Å². The van der Waals surface area contributed by atoms with Crippen LogP contribution in [0.3, 0.4) is 0 Å². The highest BCUT2D eigenvalue weighted by atomic mass is 19.1. The van der Waals surface area contributed by atoms with Gasteiger partial charge < -0.3 is 10.5 Å². The third kappa shape index (κ3) is 4.47. The van der Waals surface area contributed by atoms with Gasteiger partial charge in [0.25, 0.3) is 0 Å². The number of nitrogens with one attached hydrogen (secondary N) is 1. The molecule has 0 spiro atoms. The molecule has 5 rings (SSSR count). The first-order valence-electron chi connectivity index (χ1n) is 11.5. The van der Waals surface area contributed by atoms with Crippen molar-refractivity contribution in [2.75, 3.05) is 23.6 Å². The van der Waals surface area contributed by atoms with E-state index in [9.17, 15) is 9.18 Å². The summed E-state index contributed by atoms with van der Waals surface area (Å²) < 4.78 is 21.3. The molecule has 0 unspecified atom stereocenters. The summed E-state index contributed by atoms with van der Waals surface area (Å²) in [7, 11) is 0. The molecular formula is C23H28FN7O2. The minimum atomic E-state index is -0.285. The molecule has 9 nitrogen and oxygen atoms in total. The minimum Gasteiger partial charge on any atom is -0.381 e. The summed E-state index contributed by atoms with van der Waals surface area (Å²) in [5.74, 6) is 0.141. The van der Waals surface area contributed by atoms with Gasteiger partial charge in [0, 0.05) is 25.2 Å². The second kappa shape index (κ2) is 9.30. The molecule has 3 heterocycles. The molecule has 10 heteroatoms. The Balaban J connectivity index is 1.55. The molecular weight excluding hydrogens is 425 g/mol. The molecule has 2 fully saturated rings. The SMILES string of the molecule is NC(=O)C1CCC(n2c(N(Nc3ccc(F)cc3)C3CCOCC3)nc3cncnc32)CC1. The van der Waals surface area contributed by atoms with Gasteiger partial charge in [-0.05, 0) is 62.8 Å². The Kier molecular flexibility index (Phi) is 6.08. The molecule has 3 aromatic rings. The molecule has 33 heavy (non-hydrogen) atoms. The fourth-order valence-corrected chi connectivity index (χ4v) is 4.87. The fourth-order valence-electron chi connectivity index (χ4n) is 4.87. The molecule has 0 radical (unpaired) electrons. The number of rotatable bonds is 6. The number of carbonyl (C=O) groups is 1. The van der Waals surface area contributed by atoms with Gasteiger partial charge in [-0.1, -0.05) is 0 Å². The predicted molar refractivity (Wildman–Crippen MR) is 122 cm³/mol. The van der Waals surface area contributed by atoms with E-state index in [4.69, 9.17) is 15.5 Å². The topological polar surface area (TPSA) is 111 Å². The average molecular weight is 454 g/mol. The Morgan fingerprint density at radius 1 is 1.12 bits per heavy atom. The van der Waals surface area contributed by atoms with Crippen molar-refractivity contribution in [3.8, 4) is 0 Å². The van der Waals surface area contributed by atoms with Gasteiger partial charge in [0.05, 0.1) is 17.9 Å². The second-order valence-corrected chi connectivity index (χ2v) is 8.75. The lowest BCUT2D eigenvalue weighted by molar-refractivity contribution is -0.122. The van der Waals surface area contributed by atoms with E-state index in [1.54, 1.807) is 18.3 Å². The standard InChI is InChI=1S/C23H28FN7O2/c24-16-3-5-17(6-4-16)29-31(19-9-11-33-12-10-19)23-28-20-13-26-14-27-22(20)30(23)18-7-1-15(2-8-18)21(25)32/h3-6,13-15,18-19,29H,1-2,7-12H2,(H2,25,32). The van der Waals surface area contributed by atoms with Crippen LogP contribution in [0.1, 0.15) is 44.6 Å². The van der Waals surface area contributed by atoms with Crippen LogP contribution in [0.5, 0.6) is 0 Å². The number of ether oxygens (including phenoxy) is 1. The van der Waals surface area contributed by atoms with Crippen molar-refractivity contribution in [1.29, 1.82) is 0 Å². The third-order valence-corrected chi connectivity index (χ3v) is 6.67. The molecule has 0 atom stereocenters. The number of nitrogens with zero attached hydrogens (tertiary/aromatic N) is 5. The lowest BCUT2D eigenvalue weighted by Gasteiger charge is -2.37. The van der Waals surface area contributed by atoms with Crippen molar-refractivity contribution >= 4 is 28.7 Å². The lowest BCUT2D eigenvalue weighted by Crippen LogP contribution is -2.45. The molecule has 1 aliphatic carbocycles. The van der Waals surface area contributed by atoms with Gasteiger partial charge in [-0.25, -0.2) is 19.3 Å². The zero-order valence-electron chi connectivity index (χ0n) is 18.4. The van der Waals surface area contributed by atoms with Crippen LogP contribution in [0.4, 0.5) is 16.0 Å². The van der Waals surface area contributed by atoms with Crippen molar-refractivity contribution in [3.63, 3.8) is 0 Å². The first-order valence-corrected chi connectivity index (χ1v) is 11.5. The molecule has 3 N–H and O–H groups in total. The number of hydrogen-bond acceptors (Lipinski definition) is 7. The molecule has 2 aliphatic rings. The van der Waals surface area contributed by atoms with E-state index < -0.39 is 0 Å². The first-order chi connectivity index (χ1) is 16.1. The van der Waals surface area contributed by atoms with E-state index in [2.05, 4.69) is 25.0 Å². The highest BCUT2D eigenvalue weighted by molar-refractivity contribution is 5.77. The number of hydrazine groups is 1. The maximum Gasteiger partial charge on any atom is 0.227 e. The van der Waals surface area contributed by atoms with E-state index in [0.29, 0.717) is 18.7 Å². The summed E-state index contributed by atoms with van der Waals surface area (Å²) in [6.45, 7) is 1.33. The maximum atomic E-state index is 13.5. The number of anilines is 2. The summed E-state index contributed by atoms with van der Waals surface area (Å²) in [5.41, 5.74) is 11.3. The van der Waals surface area contributed by atoms with E-state index in [-0.39, 0.29) is 29.7 Å². The van der Waals surface area contributed by atoms with Crippen molar-refractivity contribution in [2.45, 2.75) is 50.6 Å². The summed E-state index contributed by atoms with van der Waals surface area (Å²) in [5, 5.41) is 2.07. The number of primary amides is 1. The Morgan fingerprint density at radius 3 is 2.55 bits per heavy atom. The zero-order valence-corrected chi connectivity index (χ0v) is 18.4. The predicted octanol–water partition coefficient (Wildman–Crippen LogP) is 3.19. The number of nitrogens with two attached hydrogens (primary N) is 1. The summed E-state index contributed by atoms with van der Waals surface area (Å²) in [4.78, 5) is 25.3. The van der Waals surface area contributed by atoms with E-state index in [1.807, 2.05) is 0 Å². The van der Waals surface area contributed by atoms with Gasteiger partial charge in [0.15, 0.2) is 5.65 Å². The van der Waals surface area contributed by atoms with Gasteiger partial charge in [0.2, 0.25) is 11.9 Å². The number of carbonyl (C=O) groups excluding carboxylic acids is 1. The van der Waals surface area contributed by atoms with Gasteiger partial charge in [-0.3, -0.25) is 19.8 Å².